The molecule has 0 fully saturated rings. The van der Waals surface area contributed by atoms with Gasteiger partial charge in [-0.3, -0.25) is 10.8 Å². The van der Waals surface area contributed by atoms with Gasteiger partial charge in [-0.1, -0.05) is 6.07 Å². The zero-order chi connectivity index (χ0) is 14.7. The first-order chi connectivity index (χ1) is 10.3. The predicted molar refractivity (Wildman–Crippen MR) is 79.8 cm³/mol. The van der Waals surface area contributed by atoms with Crippen LogP contribution in [0.15, 0.2) is 49.1 Å². The Morgan fingerprint density at radius 3 is 3.05 bits per heavy atom. The third kappa shape index (κ3) is 2.58. The van der Waals surface area contributed by atoms with Gasteiger partial charge < -0.3 is 4.74 Å². The van der Waals surface area contributed by atoms with Gasteiger partial charge in [0.05, 0.1) is 30.6 Å². The molecule has 3 aromatic heterocycles. The van der Waals surface area contributed by atoms with E-state index in [-0.39, 0.29) is 6.04 Å². The summed E-state index contributed by atoms with van der Waals surface area (Å²) in [6.07, 6.45) is 7.19. The van der Waals surface area contributed by atoms with Gasteiger partial charge in [-0.2, -0.15) is 5.10 Å². The van der Waals surface area contributed by atoms with Crippen molar-refractivity contribution >= 4 is 5.52 Å². The third-order valence-electron chi connectivity index (χ3n) is 3.31. The summed E-state index contributed by atoms with van der Waals surface area (Å²) in [5.74, 6) is 6.48. The Balaban J connectivity index is 2.03. The second kappa shape index (κ2) is 5.90. The molecule has 108 valence electrons. The second-order valence-corrected chi connectivity index (χ2v) is 4.62. The van der Waals surface area contributed by atoms with E-state index in [1.165, 1.54) is 0 Å². The van der Waals surface area contributed by atoms with Crippen molar-refractivity contribution in [2.24, 2.45) is 5.84 Å². The Bertz CT molecular complexity index is 740. The summed E-state index contributed by atoms with van der Waals surface area (Å²) in [4.78, 5) is 4.21. The first-order valence-electron chi connectivity index (χ1n) is 6.79. The molecule has 21 heavy (non-hydrogen) atoms. The van der Waals surface area contributed by atoms with Crippen LogP contribution in [0.5, 0.6) is 5.75 Å². The molecule has 1 unspecified atom stereocenters. The van der Waals surface area contributed by atoms with Crippen LogP contribution >= 0.6 is 0 Å². The highest BCUT2D eigenvalue weighted by molar-refractivity contribution is 5.57. The van der Waals surface area contributed by atoms with E-state index in [2.05, 4.69) is 15.5 Å². The van der Waals surface area contributed by atoms with Crippen LogP contribution < -0.4 is 16.0 Å². The highest BCUT2D eigenvalue weighted by Crippen LogP contribution is 2.26. The van der Waals surface area contributed by atoms with Crippen LogP contribution in [-0.4, -0.2) is 21.2 Å². The maximum absolute atomic E-state index is 5.76. The monoisotopic (exact) mass is 283 g/mol. The lowest BCUT2D eigenvalue weighted by Gasteiger charge is -2.16. The van der Waals surface area contributed by atoms with Crippen molar-refractivity contribution in [3.05, 3.63) is 60.2 Å². The Kier molecular flexibility index (Phi) is 3.81. The maximum atomic E-state index is 5.76. The molecule has 0 aromatic carbocycles. The lowest BCUT2D eigenvalue weighted by atomic mass is 10.0. The van der Waals surface area contributed by atoms with E-state index in [0.717, 1.165) is 22.4 Å². The van der Waals surface area contributed by atoms with Gasteiger partial charge in [0.1, 0.15) is 5.75 Å². The molecule has 3 rings (SSSR count). The molecule has 0 saturated heterocycles. The molecule has 0 spiro atoms. The average molecular weight is 283 g/mol. The zero-order valence-electron chi connectivity index (χ0n) is 11.7. The molecule has 3 N–H and O–H groups in total. The fraction of sp³-hybridized carbons (Fsp3) is 0.200. The van der Waals surface area contributed by atoms with E-state index in [1.54, 1.807) is 12.4 Å². The number of pyridine rings is 2. The summed E-state index contributed by atoms with van der Waals surface area (Å²) in [7, 11) is 0. The van der Waals surface area contributed by atoms with Crippen molar-refractivity contribution in [2.75, 3.05) is 6.61 Å². The minimum atomic E-state index is -0.196. The van der Waals surface area contributed by atoms with Crippen LogP contribution in [0.1, 0.15) is 24.1 Å². The van der Waals surface area contributed by atoms with E-state index < -0.39 is 0 Å². The lowest BCUT2D eigenvalue weighted by Crippen LogP contribution is -2.28. The fourth-order valence-corrected chi connectivity index (χ4v) is 2.38. The largest absolute Gasteiger partial charge is 0.492 e. The van der Waals surface area contributed by atoms with Gasteiger partial charge in [0.25, 0.3) is 0 Å². The molecule has 0 radical (unpaired) electrons. The van der Waals surface area contributed by atoms with Crippen LogP contribution in [0.25, 0.3) is 5.52 Å². The molecule has 1 atom stereocenters. The second-order valence-electron chi connectivity index (χ2n) is 4.62. The van der Waals surface area contributed by atoms with Gasteiger partial charge in [-0.15, -0.1) is 0 Å². The summed E-state index contributed by atoms with van der Waals surface area (Å²) in [5.41, 5.74) is 5.76. The topological polar surface area (TPSA) is 77.5 Å². The van der Waals surface area contributed by atoms with E-state index in [9.17, 15) is 0 Å². The Hall–Kier alpha value is -2.44. The van der Waals surface area contributed by atoms with Crippen LogP contribution in [0.4, 0.5) is 0 Å². The normalized spacial score (nSPS) is 12.5. The number of nitrogens with one attached hydrogen (secondary N) is 1. The molecular formula is C15H17N5O. The molecule has 0 aliphatic rings. The molecule has 6 nitrogen and oxygen atoms in total. The van der Waals surface area contributed by atoms with Crippen molar-refractivity contribution in [2.45, 2.75) is 13.0 Å². The summed E-state index contributed by atoms with van der Waals surface area (Å²) in [6, 6.07) is 7.66. The highest BCUT2D eigenvalue weighted by atomic mass is 16.5. The van der Waals surface area contributed by atoms with Crippen LogP contribution in [0.2, 0.25) is 0 Å². The van der Waals surface area contributed by atoms with Crippen LogP contribution in [0, 0.1) is 0 Å². The van der Waals surface area contributed by atoms with Crippen molar-refractivity contribution in [3.8, 4) is 5.75 Å². The molecule has 6 heteroatoms. The molecule has 0 amide bonds. The van der Waals surface area contributed by atoms with Crippen molar-refractivity contribution in [1.82, 2.24) is 20.0 Å². The van der Waals surface area contributed by atoms with E-state index >= 15 is 0 Å². The van der Waals surface area contributed by atoms with Gasteiger partial charge in [-0.25, -0.2) is 9.94 Å². The zero-order valence-corrected chi connectivity index (χ0v) is 11.7. The fourth-order valence-electron chi connectivity index (χ4n) is 2.38. The number of hydrazine groups is 1. The highest BCUT2D eigenvalue weighted by Gasteiger charge is 2.18. The van der Waals surface area contributed by atoms with Crippen molar-refractivity contribution in [3.63, 3.8) is 0 Å². The summed E-state index contributed by atoms with van der Waals surface area (Å²) < 4.78 is 7.31. The minimum Gasteiger partial charge on any atom is -0.492 e. The molecule has 0 aliphatic carbocycles. The minimum absolute atomic E-state index is 0.196. The van der Waals surface area contributed by atoms with E-state index in [1.807, 2.05) is 48.1 Å². The van der Waals surface area contributed by atoms with Crippen LogP contribution in [0.3, 0.4) is 0 Å². The molecule has 0 aliphatic heterocycles. The smallest absolute Gasteiger partial charge is 0.137 e. The number of nitrogens with two attached hydrogens (primary N) is 1. The quantitative estimate of drug-likeness (QED) is 0.550. The first kappa shape index (κ1) is 13.5. The molecular weight excluding hydrogens is 266 g/mol. The number of hydrogen-bond acceptors (Lipinski definition) is 5. The first-order valence-corrected chi connectivity index (χ1v) is 6.79. The van der Waals surface area contributed by atoms with Gasteiger partial charge in [0.15, 0.2) is 0 Å². The standard InChI is InChI=1S/C15H17N5O/c1-2-21-12-7-11(8-17-9-12)15(19-16)13-10-18-20-6-4-3-5-14(13)20/h3-10,15,19H,2,16H2,1H3. The summed E-state index contributed by atoms with van der Waals surface area (Å²) >= 11 is 0. The van der Waals surface area contributed by atoms with Gasteiger partial charge in [0, 0.05) is 18.0 Å². The lowest BCUT2D eigenvalue weighted by molar-refractivity contribution is 0.338. The number of nitrogens with zero attached hydrogens (tertiary/aromatic N) is 3. The third-order valence-corrected chi connectivity index (χ3v) is 3.31. The van der Waals surface area contributed by atoms with Crippen molar-refractivity contribution < 1.29 is 4.74 Å². The van der Waals surface area contributed by atoms with E-state index in [0.29, 0.717) is 6.61 Å². The summed E-state index contributed by atoms with van der Waals surface area (Å²) in [6.45, 7) is 2.54. The van der Waals surface area contributed by atoms with Crippen LogP contribution in [-0.2, 0) is 0 Å². The SMILES string of the molecule is CCOc1cncc(C(NN)c2cnn3ccccc23)c1. The number of hydrogen-bond donors (Lipinski definition) is 2. The Morgan fingerprint density at radius 1 is 1.33 bits per heavy atom. The van der Waals surface area contributed by atoms with Crippen molar-refractivity contribution in [1.29, 1.82) is 0 Å². The van der Waals surface area contributed by atoms with E-state index in [4.69, 9.17) is 10.6 Å². The average Bonchev–Trinajstić information content (AvgIpc) is 2.93. The Labute approximate surface area is 122 Å². The maximum Gasteiger partial charge on any atom is 0.137 e. The van der Waals surface area contributed by atoms with Gasteiger partial charge in [-0.05, 0) is 30.7 Å². The number of fused-ring (bicyclic) bond motifs is 1. The number of rotatable bonds is 5. The Morgan fingerprint density at radius 2 is 2.24 bits per heavy atom. The summed E-state index contributed by atoms with van der Waals surface area (Å²) in [5, 5.41) is 4.34. The van der Waals surface area contributed by atoms with Gasteiger partial charge >= 0.3 is 0 Å². The number of aromatic nitrogens is 3. The van der Waals surface area contributed by atoms with Gasteiger partial charge in [0.2, 0.25) is 0 Å². The molecule has 0 bridgehead atoms. The molecule has 0 saturated carbocycles. The number of ether oxygens (including phenoxy) is 1. The molecule has 3 aromatic rings. The molecule has 3 heterocycles. The predicted octanol–water partition coefficient (Wildman–Crippen LogP) is 1.68.